The van der Waals surface area contributed by atoms with E-state index in [-0.39, 0.29) is 31.0 Å². The zero-order valence-electron chi connectivity index (χ0n) is 15.4. The Balaban J connectivity index is 2.33. The van der Waals surface area contributed by atoms with Gasteiger partial charge < -0.3 is 25.3 Å². The molecule has 0 aliphatic rings. The summed E-state index contributed by atoms with van der Waals surface area (Å²) in [6.45, 7) is 0.285. The van der Waals surface area contributed by atoms with Gasteiger partial charge in [0.15, 0.2) is 0 Å². The molecule has 1 unspecified atom stereocenters. The van der Waals surface area contributed by atoms with Gasteiger partial charge in [-0.25, -0.2) is 0 Å². The summed E-state index contributed by atoms with van der Waals surface area (Å²) >= 11 is 0. The molecule has 0 spiro atoms. The van der Waals surface area contributed by atoms with Gasteiger partial charge in [0.2, 0.25) is 5.91 Å². The first kappa shape index (κ1) is 19.8. The first-order valence-electron chi connectivity index (χ1n) is 8.41. The molecule has 1 atom stereocenters. The molecule has 1 amide bonds. The highest BCUT2D eigenvalue weighted by Crippen LogP contribution is 2.27. The third-order valence-corrected chi connectivity index (χ3v) is 4.17. The molecule has 0 bridgehead atoms. The lowest BCUT2D eigenvalue weighted by atomic mass is 9.97. The van der Waals surface area contributed by atoms with Crippen molar-refractivity contribution in [2.45, 2.75) is 18.6 Å². The SMILES string of the molecule is COc1cccc(C(NC(=O)CC(CN)OC)c2cccc(OC)c2)c1. The van der Waals surface area contributed by atoms with Crippen LogP contribution in [0.2, 0.25) is 0 Å². The van der Waals surface area contributed by atoms with Crippen LogP contribution in [0.5, 0.6) is 11.5 Å². The van der Waals surface area contributed by atoms with E-state index >= 15 is 0 Å². The number of hydrogen-bond donors (Lipinski definition) is 2. The fraction of sp³-hybridized carbons (Fsp3) is 0.350. The summed E-state index contributed by atoms with van der Waals surface area (Å²) < 4.78 is 15.8. The molecular formula is C20H26N2O4. The standard InChI is InChI=1S/C20H26N2O4/c1-24-16-8-4-6-14(10-16)20(15-7-5-9-17(11-15)25-2)22-19(23)12-18(13-21)26-3/h4-11,18,20H,12-13,21H2,1-3H3,(H,22,23). The number of carbonyl (C=O) groups is 1. The van der Waals surface area contributed by atoms with Crippen molar-refractivity contribution >= 4 is 5.91 Å². The molecule has 140 valence electrons. The van der Waals surface area contributed by atoms with Crippen molar-refractivity contribution in [3.8, 4) is 11.5 Å². The number of rotatable bonds is 9. The van der Waals surface area contributed by atoms with Crippen LogP contribution in [0.1, 0.15) is 23.6 Å². The van der Waals surface area contributed by atoms with Crippen LogP contribution in [0.25, 0.3) is 0 Å². The monoisotopic (exact) mass is 358 g/mol. The van der Waals surface area contributed by atoms with Crippen LogP contribution in [0.15, 0.2) is 48.5 Å². The minimum Gasteiger partial charge on any atom is -0.497 e. The molecule has 0 aromatic heterocycles. The maximum atomic E-state index is 12.5. The Morgan fingerprint density at radius 1 is 1.00 bits per heavy atom. The van der Waals surface area contributed by atoms with Crippen molar-refractivity contribution < 1.29 is 19.0 Å². The molecule has 0 radical (unpaired) electrons. The Bertz CT molecular complexity index is 669. The number of nitrogens with one attached hydrogen (secondary N) is 1. The van der Waals surface area contributed by atoms with E-state index in [0.717, 1.165) is 22.6 Å². The lowest BCUT2D eigenvalue weighted by molar-refractivity contribution is -0.123. The maximum Gasteiger partial charge on any atom is 0.223 e. The minimum atomic E-state index is -0.344. The van der Waals surface area contributed by atoms with Gasteiger partial charge in [-0.15, -0.1) is 0 Å². The summed E-state index contributed by atoms with van der Waals surface area (Å²) in [7, 11) is 4.78. The summed E-state index contributed by atoms with van der Waals surface area (Å²) in [5, 5.41) is 3.07. The van der Waals surface area contributed by atoms with Gasteiger partial charge in [-0.2, -0.15) is 0 Å². The van der Waals surface area contributed by atoms with E-state index in [9.17, 15) is 4.79 Å². The third-order valence-electron chi connectivity index (χ3n) is 4.17. The first-order valence-corrected chi connectivity index (χ1v) is 8.41. The average molecular weight is 358 g/mol. The molecule has 6 nitrogen and oxygen atoms in total. The highest BCUT2D eigenvalue weighted by atomic mass is 16.5. The van der Waals surface area contributed by atoms with E-state index in [1.165, 1.54) is 0 Å². The second-order valence-corrected chi connectivity index (χ2v) is 5.85. The van der Waals surface area contributed by atoms with E-state index in [0.29, 0.717) is 0 Å². The molecule has 0 heterocycles. The molecule has 2 aromatic carbocycles. The van der Waals surface area contributed by atoms with Gasteiger partial charge in [-0.1, -0.05) is 24.3 Å². The van der Waals surface area contributed by atoms with Crippen molar-refractivity contribution in [2.75, 3.05) is 27.9 Å². The summed E-state index contributed by atoms with van der Waals surface area (Å²) in [4.78, 5) is 12.5. The largest absolute Gasteiger partial charge is 0.497 e. The van der Waals surface area contributed by atoms with Crippen LogP contribution in [0.3, 0.4) is 0 Å². The predicted molar refractivity (Wildman–Crippen MR) is 100 cm³/mol. The van der Waals surface area contributed by atoms with E-state index < -0.39 is 0 Å². The number of amides is 1. The van der Waals surface area contributed by atoms with Gasteiger partial charge in [-0.3, -0.25) is 4.79 Å². The Labute approximate surface area is 154 Å². The number of benzene rings is 2. The van der Waals surface area contributed by atoms with Crippen LogP contribution >= 0.6 is 0 Å². The van der Waals surface area contributed by atoms with Crippen LogP contribution in [-0.4, -0.2) is 39.9 Å². The molecule has 26 heavy (non-hydrogen) atoms. The molecule has 0 aliphatic carbocycles. The molecular weight excluding hydrogens is 332 g/mol. The van der Waals surface area contributed by atoms with Crippen LogP contribution < -0.4 is 20.5 Å². The van der Waals surface area contributed by atoms with Crippen LogP contribution in [-0.2, 0) is 9.53 Å². The van der Waals surface area contributed by atoms with E-state index in [2.05, 4.69) is 5.32 Å². The van der Waals surface area contributed by atoms with Crippen LogP contribution in [0, 0.1) is 0 Å². The third kappa shape index (κ3) is 5.21. The molecule has 0 aliphatic heterocycles. The number of carbonyl (C=O) groups excluding carboxylic acids is 1. The van der Waals surface area contributed by atoms with E-state index in [4.69, 9.17) is 19.9 Å². The number of ether oxygens (including phenoxy) is 3. The lowest BCUT2D eigenvalue weighted by Crippen LogP contribution is -2.34. The average Bonchev–Trinajstić information content (AvgIpc) is 2.70. The predicted octanol–water partition coefficient (Wildman–Crippen LogP) is 2.27. The second-order valence-electron chi connectivity index (χ2n) is 5.85. The normalized spacial score (nSPS) is 11.9. The van der Waals surface area contributed by atoms with E-state index in [1.807, 2.05) is 48.5 Å². The topological polar surface area (TPSA) is 82.8 Å². The van der Waals surface area contributed by atoms with Crippen molar-refractivity contribution in [2.24, 2.45) is 5.73 Å². The van der Waals surface area contributed by atoms with Gasteiger partial charge in [0.25, 0.3) is 0 Å². The molecule has 3 N–H and O–H groups in total. The zero-order chi connectivity index (χ0) is 18.9. The molecule has 0 fully saturated rings. The van der Waals surface area contributed by atoms with Gasteiger partial charge >= 0.3 is 0 Å². The van der Waals surface area contributed by atoms with Gasteiger partial charge in [0.1, 0.15) is 11.5 Å². The lowest BCUT2D eigenvalue weighted by Gasteiger charge is -2.22. The van der Waals surface area contributed by atoms with Crippen molar-refractivity contribution in [3.63, 3.8) is 0 Å². The van der Waals surface area contributed by atoms with Gasteiger partial charge in [0.05, 0.1) is 32.8 Å². The first-order chi connectivity index (χ1) is 12.6. The summed E-state index contributed by atoms with van der Waals surface area (Å²) in [6.07, 6.45) is -0.122. The van der Waals surface area contributed by atoms with Gasteiger partial charge in [0, 0.05) is 13.7 Å². The molecule has 0 saturated heterocycles. The van der Waals surface area contributed by atoms with Crippen LogP contribution in [0.4, 0.5) is 0 Å². The maximum absolute atomic E-state index is 12.5. The highest BCUT2D eigenvalue weighted by molar-refractivity contribution is 5.77. The van der Waals surface area contributed by atoms with Gasteiger partial charge in [-0.05, 0) is 35.4 Å². The molecule has 0 saturated carbocycles. The molecule has 6 heteroatoms. The number of nitrogens with two attached hydrogens (primary N) is 1. The van der Waals surface area contributed by atoms with Crippen molar-refractivity contribution in [1.29, 1.82) is 0 Å². The van der Waals surface area contributed by atoms with Crippen molar-refractivity contribution in [3.05, 3.63) is 59.7 Å². The molecule has 2 rings (SSSR count). The zero-order valence-corrected chi connectivity index (χ0v) is 15.4. The number of methoxy groups -OCH3 is 3. The Morgan fingerprint density at radius 3 is 1.96 bits per heavy atom. The smallest absolute Gasteiger partial charge is 0.223 e. The number of hydrogen-bond acceptors (Lipinski definition) is 5. The summed E-state index contributed by atoms with van der Waals surface area (Å²) in [5.41, 5.74) is 7.44. The summed E-state index contributed by atoms with van der Waals surface area (Å²) in [6, 6.07) is 14.9. The summed E-state index contributed by atoms with van der Waals surface area (Å²) in [5.74, 6) is 1.31. The fourth-order valence-corrected chi connectivity index (χ4v) is 2.69. The minimum absolute atomic E-state index is 0.141. The van der Waals surface area contributed by atoms with E-state index in [1.54, 1.807) is 21.3 Å². The quantitative estimate of drug-likeness (QED) is 0.718. The fourth-order valence-electron chi connectivity index (χ4n) is 2.69. The highest BCUT2D eigenvalue weighted by Gasteiger charge is 2.20. The Morgan fingerprint density at radius 2 is 1.54 bits per heavy atom. The van der Waals surface area contributed by atoms with Crippen molar-refractivity contribution in [1.82, 2.24) is 5.32 Å². The second kappa shape index (κ2) is 9.79. The molecule has 2 aromatic rings. The Kier molecular flexibility index (Phi) is 7.44. The Hall–Kier alpha value is -2.57.